The third-order valence-corrected chi connectivity index (χ3v) is 7.16. The molecule has 0 aliphatic rings. The van der Waals surface area contributed by atoms with E-state index in [1.54, 1.807) is 43.3 Å². The summed E-state index contributed by atoms with van der Waals surface area (Å²) < 4.78 is 64.9. The van der Waals surface area contributed by atoms with Crippen LogP contribution in [-0.2, 0) is 16.0 Å². The van der Waals surface area contributed by atoms with Crippen molar-refractivity contribution in [2.24, 2.45) is 0 Å². The number of sulfone groups is 1. The maximum absolute atomic E-state index is 13.4. The van der Waals surface area contributed by atoms with Gasteiger partial charge in [0.25, 0.3) is 0 Å². The van der Waals surface area contributed by atoms with E-state index >= 15 is 0 Å². The number of hydrogen-bond acceptors (Lipinski definition) is 3. The van der Waals surface area contributed by atoms with Crippen molar-refractivity contribution in [1.82, 2.24) is 4.98 Å². The third kappa shape index (κ3) is 4.51. The van der Waals surface area contributed by atoms with Gasteiger partial charge in [-0.15, -0.1) is 0 Å². The van der Waals surface area contributed by atoms with Gasteiger partial charge in [0.2, 0.25) is 9.84 Å². The molecule has 1 aromatic heterocycles. The van der Waals surface area contributed by atoms with Gasteiger partial charge in [0, 0.05) is 17.0 Å². The lowest BCUT2D eigenvalue weighted by Crippen LogP contribution is -2.06. The predicted molar refractivity (Wildman–Crippen MR) is 125 cm³/mol. The van der Waals surface area contributed by atoms with Crippen LogP contribution in [0.1, 0.15) is 12.5 Å². The molecule has 0 fully saturated rings. The highest BCUT2D eigenvalue weighted by Gasteiger charge is 2.33. The van der Waals surface area contributed by atoms with Crippen molar-refractivity contribution in [2.45, 2.75) is 18.0 Å². The Labute approximate surface area is 194 Å². The van der Waals surface area contributed by atoms with Crippen LogP contribution in [0.15, 0.2) is 89.3 Å². The molecule has 0 saturated heterocycles. The van der Waals surface area contributed by atoms with Crippen LogP contribution in [0.4, 0.5) is 13.2 Å². The van der Waals surface area contributed by atoms with Crippen molar-refractivity contribution in [3.8, 4) is 22.3 Å². The summed E-state index contributed by atoms with van der Waals surface area (Å²) in [5.74, 6) is 0. The van der Waals surface area contributed by atoms with Crippen LogP contribution >= 0.6 is 11.6 Å². The van der Waals surface area contributed by atoms with E-state index < -0.39 is 21.6 Å². The van der Waals surface area contributed by atoms with Crippen LogP contribution in [0, 0.1) is 0 Å². The van der Waals surface area contributed by atoms with E-state index in [0.29, 0.717) is 22.1 Å². The number of nitrogens with zero attached hydrogens (tertiary/aromatic N) is 1. The molecule has 0 amide bonds. The molecule has 0 N–H and O–H groups in total. The fourth-order valence-corrected chi connectivity index (χ4v) is 5.28. The summed E-state index contributed by atoms with van der Waals surface area (Å²) in [6, 6.07) is 17.5. The molecular weight excluding hydrogens is 471 g/mol. The smallest absolute Gasteiger partial charge is 0.256 e. The minimum atomic E-state index is -4.52. The number of pyridine rings is 1. The zero-order valence-electron chi connectivity index (χ0n) is 17.3. The van der Waals surface area contributed by atoms with Crippen LogP contribution in [0.25, 0.3) is 33.2 Å². The molecule has 168 valence electrons. The standard InChI is InChI=1S/C25H17ClF3NO2S/c1-2-13-33(31,32)23-10-9-17(15-22(23)26)16-5-3-6-18(14-16)19-11-12-30-24-20(19)7-4-8-21(24)25(27,28)29/h2-15H,1H3/b13-2+. The van der Waals surface area contributed by atoms with Gasteiger partial charge in [-0.1, -0.05) is 54.1 Å². The number of benzene rings is 3. The lowest BCUT2D eigenvalue weighted by atomic mass is 9.96. The monoisotopic (exact) mass is 487 g/mol. The molecule has 3 nitrogen and oxygen atoms in total. The Hall–Kier alpha value is -3.16. The number of para-hydroxylation sites is 1. The van der Waals surface area contributed by atoms with Crippen LogP contribution in [-0.4, -0.2) is 13.4 Å². The number of fused-ring (bicyclic) bond motifs is 1. The van der Waals surface area contributed by atoms with E-state index in [0.717, 1.165) is 17.0 Å². The molecule has 0 atom stereocenters. The van der Waals surface area contributed by atoms with E-state index in [2.05, 4.69) is 4.98 Å². The highest BCUT2D eigenvalue weighted by molar-refractivity contribution is 7.94. The summed E-state index contributed by atoms with van der Waals surface area (Å²) >= 11 is 6.27. The Morgan fingerprint density at radius 1 is 0.909 bits per heavy atom. The predicted octanol–water partition coefficient (Wildman–Crippen LogP) is 7.55. The summed E-state index contributed by atoms with van der Waals surface area (Å²) in [4.78, 5) is 3.98. The second-order valence-corrected chi connectivity index (χ2v) is 9.51. The molecule has 4 aromatic rings. The lowest BCUT2D eigenvalue weighted by molar-refractivity contribution is -0.136. The van der Waals surface area contributed by atoms with Gasteiger partial charge in [-0.05, 0) is 59.5 Å². The van der Waals surface area contributed by atoms with Crippen LogP contribution in [0.2, 0.25) is 5.02 Å². The molecule has 8 heteroatoms. The molecule has 0 aliphatic carbocycles. The first-order valence-corrected chi connectivity index (χ1v) is 11.8. The molecule has 0 radical (unpaired) electrons. The van der Waals surface area contributed by atoms with E-state index in [9.17, 15) is 21.6 Å². The summed E-state index contributed by atoms with van der Waals surface area (Å²) in [6.45, 7) is 1.60. The van der Waals surface area contributed by atoms with Crippen molar-refractivity contribution in [1.29, 1.82) is 0 Å². The number of hydrogen-bond donors (Lipinski definition) is 0. The van der Waals surface area contributed by atoms with Gasteiger partial charge in [0.1, 0.15) is 0 Å². The normalized spacial score (nSPS) is 12.5. The molecule has 0 unspecified atom stereocenters. The number of allylic oxidation sites excluding steroid dienone is 1. The van der Waals surface area contributed by atoms with Crippen LogP contribution in [0.3, 0.4) is 0 Å². The largest absolute Gasteiger partial charge is 0.418 e. The number of rotatable bonds is 4. The molecule has 0 saturated carbocycles. The second kappa shape index (κ2) is 8.65. The van der Waals surface area contributed by atoms with Crippen LogP contribution < -0.4 is 0 Å². The minimum Gasteiger partial charge on any atom is -0.256 e. The van der Waals surface area contributed by atoms with Crippen molar-refractivity contribution >= 4 is 32.3 Å². The Bertz CT molecular complexity index is 1500. The first-order valence-electron chi connectivity index (χ1n) is 9.85. The summed E-state index contributed by atoms with van der Waals surface area (Å²) in [5.41, 5.74) is 1.81. The van der Waals surface area contributed by atoms with Gasteiger partial charge in [-0.3, -0.25) is 4.98 Å². The first-order chi connectivity index (χ1) is 15.6. The maximum Gasteiger partial charge on any atom is 0.418 e. The molecule has 0 spiro atoms. The van der Waals surface area contributed by atoms with Crippen molar-refractivity contribution in [3.05, 3.63) is 95.0 Å². The van der Waals surface area contributed by atoms with E-state index in [4.69, 9.17) is 11.6 Å². The second-order valence-electron chi connectivity index (χ2n) is 7.30. The van der Waals surface area contributed by atoms with E-state index in [1.165, 1.54) is 24.4 Å². The van der Waals surface area contributed by atoms with Crippen molar-refractivity contribution < 1.29 is 21.6 Å². The van der Waals surface area contributed by atoms with E-state index in [1.807, 2.05) is 12.1 Å². The molecule has 4 rings (SSSR count). The zero-order valence-corrected chi connectivity index (χ0v) is 18.8. The zero-order chi connectivity index (χ0) is 23.8. The SMILES string of the molecule is C/C=C/S(=O)(=O)c1ccc(-c2cccc(-c3ccnc4c(C(F)(F)F)cccc34)c2)cc1Cl. The molecule has 0 aliphatic heterocycles. The van der Waals surface area contributed by atoms with E-state index in [-0.39, 0.29) is 15.4 Å². The minimum absolute atomic E-state index is 0.00183. The Morgan fingerprint density at radius 3 is 2.30 bits per heavy atom. The summed E-state index contributed by atoms with van der Waals surface area (Å²) in [5, 5.41) is 1.55. The maximum atomic E-state index is 13.4. The molecular formula is C25H17ClF3NO2S. The highest BCUT2D eigenvalue weighted by Crippen LogP contribution is 2.38. The summed E-state index contributed by atoms with van der Waals surface area (Å²) in [7, 11) is -3.64. The quantitative estimate of drug-likeness (QED) is 0.298. The molecule has 0 bridgehead atoms. The van der Waals surface area contributed by atoms with Gasteiger partial charge in [0.15, 0.2) is 0 Å². The van der Waals surface area contributed by atoms with Gasteiger partial charge in [-0.2, -0.15) is 13.2 Å². The van der Waals surface area contributed by atoms with Crippen molar-refractivity contribution in [2.75, 3.05) is 0 Å². The average molecular weight is 488 g/mol. The fraction of sp³-hybridized carbons (Fsp3) is 0.0800. The summed E-state index contributed by atoms with van der Waals surface area (Å²) in [6.07, 6.45) is -1.73. The topological polar surface area (TPSA) is 47.0 Å². The highest BCUT2D eigenvalue weighted by atomic mass is 35.5. The molecule has 3 aromatic carbocycles. The van der Waals surface area contributed by atoms with Gasteiger partial charge < -0.3 is 0 Å². The van der Waals surface area contributed by atoms with Gasteiger partial charge in [0.05, 0.1) is 21.0 Å². The average Bonchev–Trinajstić information content (AvgIpc) is 2.77. The Morgan fingerprint density at radius 2 is 1.61 bits per heavy atom. The number of aromatic nitrogens is 1. The Kier molecular flexibility index (Phi) is 6.03. The third-order valence-electron chi connectivity index (χ3n) is 5.14. The molecule has 1 heterocycles. The lowest BCUT2D eigenvalue weighted by Gasteiger charge is -2.13. The number of halogens is 4. The van der Waals surface area contributed by atoms with Gasteiger partial charge >= 0.3 is 6.18 Å². The van der Waals surface area contributed by atoms with Crippen LogP contribution in [0.5, 0.6) is 0 Å². The first kappa shape index (κ1) is 23.0. The van der Waals surface area contributed by atoms with Crippen molar-refractivity contribution in [3.63, 3.8) is 0 Å². The molecule has 33 heavy (non-hydrogen) atoms. The van der Waals surface area contributed by atoms with Gasteiger partial charge in [-0.25, -0.2) is 8.42 Å². The number of alkyl halides is 3. The fourth-order valence-electron chi connectivity index (χ4n) is 3.69. The Balaban J connectivity index is 1.82.